The van der Waals surface area contributed by atoms with Crippen molar-refractivity contribution in [2.45, 2.75) is 44.9 Å². The molecule has 9 heteroatoms. The average Bonchev–Trinajstić information content (AvgIpc) is 2.73. The van der Waals surface area contributed by atoms with Gasteiger partial charge in [-0.2, -0.15) is 0 Å². The van der Waals surface area contributed by atoms with Gasteiger partial charge in [0.1, 0.15) is 0 Å². The number of hydrogen-bond donors (Lipinski definition) is 3. The number of nitrogens with one attached hydrogen (secondary N) is 3. The highest BCUT2D eigenvalue weighted by Gasteiger charge is 2.26. The topological polar surface area (TPSA) is 85.8 Å². The molecule has 0 bridgehead atoms. The second kappa shape index (κ2) is 12.4. The highest BCUT2D eigenvalue weighted by atomic mass is 127. The lowest BCUT2D eigenvalue weighted by molar-refractivity contribution is 0.134. The minimum atomic E-state index is -3.33. The number of nitrogens with zero attached hydrogens (tertiary/aromatic N) is 2. The molecule has 7 nitrogen and oxygen atoms in total. The molecule has 2 aromatic rings. The van der Waals surface area contributed by atoms with Crippen LogP contribution < -0.4 is 15.4 Å². The number of benzene rings is 2. The number of likely N-dealkylation sites (tertiary alicyclic amines) is 1. The van der Waals surface area contributed by atoms with E-state index in [0.717, 1.165) is 43.7 Å². The SMILES string of the molecule is CN=C(NCc1ccccc1NS(C)(=O)=O)NC1CCN(Cc2ccccc2)C(C)C1.I. The molecule has 0 saturated carbocycles. The molecular weight excluding hydrogens is 537 g/mol. The quantitative estimate of drug-likeness (QED) is 0.270. The van der Waals surface area contributed by atoms with Crippen LogP contribution in [0, 0.1) is 0 Å². The van der Waals surface area contributed by atoms with Gasteiger partial charge in [0, 0.05) is 38.8 Å². The standard InChI is InChI=1S/C23H33N5O2S.HI/c1-18-15-21(13-14-28(18)17-19-9-5-4-6-10-19)26-23(24-2)25-16-20-11-7-8-12-22(20)27-31(3,29)30;/h4-12,18,21,27H,13-17H2,1-3H3,(H2,24,25,26);1H. The van der Waals surface area contributed by atoms with E-state index in [4.69, 9.17) is 0 Å². The van der Waals surface area contributed by atoms with Crippen LogP contribution in [0.5, 0.6) is 0 Å². The van der Waals surface area contributed by atoms with Crippen LogP contribution in [0.3, 0.4) is 0 Å². The zero-order chi connectivity index (χ0) is 22.3. The van der Waals surface area contributed by atoms with E-state index in [1.807, 2.05) is 18.2 Å². The molecule has 176 valence electrons. The zero-order valence-electron chi connectivity index (χ0n) is 18.9. The molecule has 3 rings (SSSR count). The third-order valence-electron chi connectivity index (χ3n) is 5.57. The van der Waals surface area contributed by atoms with Crippen LogP contribution in [0.25, 0.3) is 0 Å². The normalized spacial score (nSPS) is 19.7. The molecule has 1 fully saturated rings. The van der Waals surface area contributed by atoms with E-state index in [0.29, 0.717) is 24.3 Å². The Balaban J connectivity index is 0.00000363. The summed E-state index contributed by atoms with van der Waals surface area (Å²) >= 11 is 0. The van der Waals surface area contributed by atoms with Crippen LogP contribution in [0.4, 0.5) is 5.69 Å². The molecular formula is C23H34IN5O2S. The van der Waals surface area contributed by atoms with E-state index in [1.165, 1.54) is 5.56 Å². The van der Waals surface area contributed by atoms with Crippen molar-refractivity contribution in [2.75, 3.05) is 24.6 Å². The molecule has 0 radical (unpaired) electrons. The molecule has 0 aliphatic carbocycles. The van der Waals surface area contributed by atoms with Gasteiger partial charge in [0.25, 0.3) is 0 Å². The maximum Gasteiger partial charge on any atom is 0.229 e. The number of hydrogen-bond acceptors (Lipinski definition) is 4. The molecule has 1 aliphatic rings. The van der Waals surface area contributed by atoms with E-state index in [2.05, 4.69) is 62.5 Å². The van der Waals surface area contributed by atoms with Crippen LogP contribution in [0.15, 0.2) is 59.6 Å². The lowest BCUT2D eigenvalue weighted by Crippen LogP contribution is -2.51. The Labute approximate surface area is 209 Å². The first-order valence-electron chi connectivity index (χ1n) is 10.6. The van der Waals surface area contributed by atoms with Crippen LogP contribution in [0.2, 0.25) is 0 Å². The van der Waals surface area contributed by atoms with Gasteiger partial charge in [0.05, 0.1) is 11.9 Å². The molecule has 2 unspecified atom stereocenters. The van der Waals surface area contributed by atoms with Crippen molar-refractivity contribution in [2.24, 2.45) is 4.99 Å². The summed E-state index contributed by atoms with van der Waals surface area (Å²) in [4.78, 5) is 6.88. The lowest BCUT2D eigenvalue weighted by atomic mass is 9.97. The van der Waals surface area contributed by atoms with E-state index in [9.17, 15) is 8.42 Å². The maximum atomic E-state index is 11.6. The van der Waals surface area contributed by atoms with Crippen LogP contribution in [-0.4, -0.2) is 51.2 Å². The number of aliphatic imine (C=N–C) groups is 1. The summed E-state index contributed by atoms with van der Waals surface area (Å²) in [6.45, 7) is 4.76. The fraction of sp³-hybridized carbons (Fsp3) is 0.435. The number of sulfonamides is 1. The van der Waals surface area contributed by atoms with E-state index < -0.39 is 10.0 Å². The number of anilines is 1. The van der Waals surface area contributed by atoms with Crippen molar-refractivity contribution in [1.29, 1.82) is 0 Å². The maximum absolute atomic E-state index is 11.6. The predicted octanol–water partition coefficient (Wildman–Crippen LogP) is 3.39. The molecule has 1 heterocycles. The largest absolute Gasteiger partial charge is 0.354 e. The fourth-order valence-corrected chi connectivity index (χ4v) is 4.54. The second-order valence-corrected chi connectivity index (χ2v) is 9.88. The molecule has 0 amide bonds. The average molecular weight is 572 g/mol. The van der Waals surface area contributed by atoms with Crippen molar-refractivity contribution in [3.63, 3.8) is 0 Å². The highest BCUT2D eigenvalue weighted by Crippen LogP contribution is 2.20. The summed E-state index contributed by atoms with van der Waals surface area (Å²) in [6.07, 6.45) is 3.24. The minimum absolute atomic E-state index is 0. The Morgan fingerprint density at radius 2 is 1.81 bits per heavy atom. The van der Waals surface area contributed by atoms with Gasteiger partial charge in [-0.05, 0) is 37.0 Å². The molecule has 2 aromatic carbocycles. The number of para-hydroxylation sites is 1. The highest BCUT2D eigenvalue weighted by molar-refractivity contribution is 14.0. The molecule has 3 N–H and O–H groups in total. The smallest absolute Gasteiger partial charge is 0.229 e. The third-order valence-corrected chi connectivity index (χ3v) is 6.16. The van der Waals surface area contributed by atoms with Crippen molar-refractivity contribution in [1.82, 2.24) is 15.5 Å². The second-order valence-electron chi connectivity index (χ2n) is 8.13. The van der Waals surface area contributed by atoms with Crippen LogP contribution in [0.1, 0.15) is 30.9 Å². The molecule has 32 heavy (non-hydrogen) atoms. The minimum Gasteiger partial charge on any atom is -0.354 e. The lowest BCUT2D eigenvalue weighted by Gasteiger charge is -2.38. The summed E-state index contributed by atoms with van der Waals surface area (Å²) in [5.74, 6) is 0.725. The molecule has 2 atom stereocenters. The first-order valence-corrected chi connectivity index (χ1v) is 12.5. The Kier molecular flexibility index (Phi) is 10.2. The fourth-order valence-electron chi connectivity index (χ4n) is 3.95. The Morgan fingerprint density at radius 1 is 1.12 bits per heavy atom. The number of guanidine groups is 1. The number of halogens is 1. The summed E-state index contributed by atoms with van der Waals surface area (Å²) in [6, 6.07) is 18.8. The van der Waals surface area contributed by atoms with E-state index in [-0.39, 0.29) is 24.0 Å². The summed E-state index contributed by atoms with van der Waals surface area (Å²) in [5.41, 5.74) is 2.79. The monoisotopic (exact) mass is 571 g/mol. The predicted molar refractivity (Wildman–Crippen MR) is 143 cm³/mol. The molecule has 1 saturated heterocycles. The van der Waals surface area contributed by atoms with Gasteiger partial charge in [-0.25, -0.2) is 8.42 Å². The van der Waals surface area contributed by atoms with Crippen molar-refractivity contribution < 1.29 is 8.42 Å². The van der Waals surface area contributed by atoms with E-state index >= 15 is 0 Å². The summed E-state index contributed by atoms with van der Waals surface area (Å²) in [5, 5.41) is 6.85. The van der Waals surface area contributed by atoms with E-state index in [1.54, 1.807) is 13.1 Å². The van der Waals surface area contributed by atoms with Gasteiger partial charge in [-0.3, -0.25) is 14.6 Å². The Bertz CT molecular complexity index is 985. The van der Waals surface area contributed by atoms with Crippen molar-refractivity contribution in [3.8, 4) is 0 Å². The molecule has 0 spiro atoms. The van der Waals surface area contributed by atoms with Crippen molar-refractivity contribution >= 4 is 45.6 Å². The van der Waals surface area contributed by atoms with Crippen LogP contribution >= 0.6 is 24.0 Å². The van der Waals surface area contributed by atoms with Gasteiger partial charge in [0.2, 0.25) is 10.0 Å². The summed E-state index contributed by atoms with van der Waals surface area (Å²) in [7, 11) is -1.57. The zero-order valence-corrected chi connectivity index (χ0v) is 22.1. The first-order chi connectivity index (χ1) is 14.8. The Hall–Kier alpha value is -1.85. The first kappa shape index (κ1) is 26.4. The molecule has 1 aliphatic heterocycles. The Morgan fingerprint density at radius 3 is 2.47 bits per heavy atom. The number of rotatable bonds is 7. The van der Waals surface area contributed by atoms with Gasteiger partial charge in [-0.15, -0.1) is 24.0 Å². The van der Waals surface area contributed by atoms with Crippen LogP contribution in [-0.2, 0) is 23.1 Å². The van der Waals surface area contributed by atoms with Gasteiger partial charge in [0.15, 0.2) is 5.96 Å². The number of piperidine rings is 1. The van der Waals surface area contributed by atoms with Crippen molar-refractivity contribution in [3.05, 3.63) is 65.7 Å². The van der Waals surface area contributed by atoms with Gasteiger partial charge in [-0.1, -0.05) is 48.5 Å². The van der Waals surface area contributed by atoms with Gasteiger partial charge < -0.3 is 10.6 Å². The van der Waals surface area contributed by atoms with Gasteiger partial charge >= 0.3 is 0 Å². The molecule has 0 aromatic heterocycles. The third kappa shape index (κ3) is 8.25. The summed E-state index contributed by atoms with van der Waals surface area (Å²) < 4.78 is 25.8.